The fraction of sp³-hybridized carbons (Fsp3) is 0.0370. The third-order valence-corrected chi connectivity index (χ3v) is 5.10. The summed E-state index contributed by atoms with van der Waals surface area (Å²) in [4.78, 5) is 16.5. The van der Waals surface area contributed by atoms with Crippen molar-refractivity contribution in [2.75, 3.05) is 11.9 Å². The number of rotatable bonds is 7. The monoisotopic (exact) mass is 458 g/mol. The second-order valence-corrected chi connectivity index (χ2v) is 7.58. The van der Waals surface area contributed by atoms with E-state index >= 15 is 0 Å². The minimum Gasteiger partial charge on any atom is -0.482 e. The van der Waals surface area contributed by atoms with Crippen molar-refractivity contribution in [3.63, 3.8) is 0 Å². The molecule has 0 saturated carbocycles. The van der Waals surface area contributed by atoms with Crippen molar-refractivity contribution >= 4 is 35.1 Å². The first kappa shape index (κ1) is 22.2. The second-order valence-electron chi connectivity index (χ2n) is 7.18. The summed E-state index contributed by atoms with van der Waals surface area (Å²) in [6.45, 7) is -0.296. The van der Waals surface area contributed by atoms with E-state index in [1.807, 2.05) is 42.5 Å². The van der Waals surface area contributed by atoms with Crippen molar-refractivity contribution in [3.05, 3.63) is 113 Å². The summed E-state index contributed by atoms with van der Waals surface area (Å²) in [7, 11) is 0. The molecule has 0 aromatic heterocycles. The molecule has 0 spiro atoms. The van der Waals surface area contributed by atoms with E-state index < -0.39 is 11.7 Å². The zero-order valence-electron chi connectivity index (χ0n) is 17.5. The number of halogens is 2. The molecule has 164 valence electrons. The topological polar surface area (TPSA) is 50.7 Å². The van der Waals surface area contributed by atoms with Crippen LogP contribution in [-0.2, 0) is 4.79 Å². The molecule has 0 aliphatic heterocycles. The highest BCUT2D eigenvalue weighted by Gasteiger charge is 2.09. The minimum atomic E-state index is -0.512. The lowest BCUT2D eigenvalue weighted by molar-refractivity contribution is -0.118. The Morgan fingerprint density at radius 3 is 2.33 bits per heavy atom. The second kappa shape index (κ2) is 10.6. The molecule has 4 aromatic rings. The Hall–Kier alpha value is -3.96. The molecule has 0 aliphatic rings. The van der Waals surface area contributed by atoms with Crippen molar-refractivity contribution in [2.24, 2.45) is 4.99 Å². The van der Waals surface area contributed by atoms with Crippen LogP contribution in [0, 0.1) is 5.82 Å². The first-order valence-corrected chi connectivity index (χ1v) is 10.6. The molecular formula is C27H20ClFN2O2. The van der Waals surface area contributed by atoms with Crippen molar-refractivity contribution in [1.82, 2.24) is 0 Å². The van der Waals surface area contributed by atoms with Gasteiger partial charge in [0.15, 0.2) is 6.61 Å². The molecule has 1 N–H and O–H groups in total. The summed E-state index contributed by atoms with van der Waals surface area (Å²) < 4.78 is 19.1. The fourth-order valence-corrected chi connectivity index (χ4v) is 3.37. The third-order valence-electron chi connectivity index (χ3n) is 4.80. The highest BCUT2D eigenvalue weighted by atomic mass is 35.5. The summed E-state index contributed by atoms with van der Waals surface area (Å²) in [5.74, 6) is -0.646. The van der Waals surface area contributed by atoms with Gasteiger partial charge < -0.3 is 10.1 Å². The van der Waals surface area contributed by atoms with Crippen LogP contribution in [0.15, 0.2) is 102 Å². The molecule has 4 rings (SSSR count). The largest absolute Gasteiger partial charge is 0.482 e. The zero-order valence-corrected chi connectivity index (χ0v) is 18.3. The maximum atomic E-state index is 13.6. The quantitative estimate of drug-likeness (QED) is 0.306. The number of aliphatic imine (C=N–C) groups is 1. The predicted molar refractivity (Wildman–Crippen MR) is 131 cm³/mol. The van der Waals surface area contributed by atoms with Crippen LogP contribution in [0.3, 0.4) is 0 Å². The normalized spacial score (nSPS) is 10.8. The van der Waals surface area contributed by atoms with Gasteiger partial charge in [-0.05, 0) is 59.2 Å². The van der Waals surface area contributed by atoms with Gasteiger partial charge in [0.25, 0.3) is 5.91 Å². The van der Waals surface area contributed by atoms with Crippen LogP contribution in [0.2, 0.25) is 5.02 Å². The first-order valence-electron chi connectivity index (χ1n) is 10.2. The standard InChI is InChI=1S/C27H20ClFN2O2/c28-23-16-19(17-30-22-13-11-21(12-14-22)20-6-2-1-3-7-20)10-15-26(23)33-18-27(32)31-25-9-5-4-8-24(25)29/h1-17H,18H2,(H,31,32). The maximum absolute atomic E-state index is 13.6. The lowest BCUT2D eigenvalue weighted by Gasteiger charge is -2.09. The van der Waals surface area contributed by atoms with Gasteiger partial charge in [0.05, 0.1) is 16.4 Å². The molecule has 0 fully saturated rings. The molecule has 0 atom stereocenters. The van der Waals surface area contributed by atoms with Crippen LogP contribution < -0.4 is 10.1 Å². The van der Waals surface area contributed by atoms with E-state index in [0.29, 0.717) is 10.8 Å². The molecule has 1 amide bonds. The molecule has 0 unspecified atom stereocenters. The van der Waals surface area contributed by atoms with Crippen LogP contribution >= 0.6 is 11.6 Å². The van der Waals surface area contributed by atoms with Crippen LogP contribution in [0.25, 0.3) is 11.1 Å². The maximum Gasteiger partial charge on any atom is 0.262 e. The van der Waals surface area contributed by atoms with Crippen LogP contribution in [-0.4, -0.2) is 18.7 Å². The van der Waals surface area contributed by atoms with E-state index in [-0.39, 0.29) is 12.3 Å². The molecule has 0 bridgehead atoms. The SMILES string of the molecule is O=C(COc1ccc(C=Nc2ccc(-c3ccccc3)cc2)cc1Cl)Nc1ccccc1F. The lowest BCUT2D eigenvalue weighted by atomic mass is 10.1. The number of nitrogens with one attached hydrogen (secondary N) is 1. The first-order chi connectivity index (χ1) is 16.1. The van der Waals surface area contributed by atoms with E-state index in [9.17, 15) is 9.18 Å². The predicted octanol–water partition coefficient (Wildman–Crippen LogP) is 6.91. The van der Waals surface area contributed by atoms with E-state index in [0.717, 1.165) is 22.4 Å². The number of anilines is 1. The third kappa shape index (κ3) is 6.05. The Morgan fingerprint density at radius 2 is 1.61 bits per heavy atom. The van der Waals surface area contributed by atoms with Crippen molar-refractivity contribution < 1.29 is 13.9 Å². The van der Waals surface area contributed by atoms with E-state index in [1.165, 1.54) is 12.1 Å². The summed E-state index contributed by atoms with van der Waals surface area (Å²) in [5, 5.41) is 2.81. The average Bonchev–Trinajstić information content (AvgIpc) is 2.84. The number of ether oxygens (including phenoxy) is 1. The van der Waals surface area contributed by atoms with Gasteiger partial charge in [0.1, 0.15) is 11.6 Å². The number of carbonyl (C=O) groups excluding carboxylic acids is 1. The number of nitrogens with zero attached hydrogens (tertiary/aromatic N) is 1. The van der Waals surface area contributed by atoms with Gasteiger partial charge in [-0.25, -0.2) is 4.39 Å². The number of benzene rings is 4. The number of hydrogen-bond donors (Lipinski definition) is 1. The Kier molecular flexibility index (Phi) is 7.12. The van der Waals surface area contributed by atoms with Gasteiger partial charge in [-0.1, -0.05) is 66.2 Å². The minimum absolute atomic E-state index is 0.0977. The lowest BCUT2D eigenvalue weighted by Crippen LogP contribution is -2.20. The van der Waals surface area contributed by atoms with Gasteiger partial charge in [-0.3, -0.25) is 9.79 Å². The van der Waals surface area contributed by atoms with Crippen LogP contribution in [0.1, 0.15) is 5.56 Å². The van der Waals surface area contributed by atoms with E-state index in [4.69, 9.17) is 16.3 Å². The van der Waals surface area contributed by atoms with Crippen LogP contribution in [0.4, 0.5) is 15.8 Å². The number of carbonyl (C=O) groups is 1. The number of amides is 1. The number of hydrogen-bond acceptors (Lipinski definition) is 3. The van der Waals surface area contributed by atoms with Gasteiger partial charge in [0, 0.05) is 6.21 Å². The molecular weight excluding hydrogens is 439 g/mol. The average molecular weight is 459 g/mol. The van der Waals surface area contributed by atoms with Gasteiger partial charge in [-0.15, -0.1) is 0 Å². The van der Waals surface area contributed by atoms with Crippen molar-refractivity contribution in [2.45, 2.75) is 0 Å². The molecule has 33 heavy (non-hydrogen) atoms. The molecule has 0 heterocycles. The summed E-state index contributed by atoms with van der Waals surface area (Å²) >= 11 is 6.29. The Bertz CT molecular complexity index is 1280. The van der Waals surface area contributed by atoms with E-state index in [2.05, 4.69) is 22.4 Å². The summed E-state index contributed by atoms with van der Waals surface area (Å²) in [5.41, 5.74) is 3.97. The van der Waals surface area contributed by atoms with E-state index in [1.54, 1.807) is 36.5 Å². The molecule has 0 aliphatic carbocycles. The highest BCUT2D eigenvalue weighted by Crippen LogP contribution is 2.26. The van der Waals surface area contributed by atoms with Gasteiger partial charge in [0.2, 0.25) is 0 Å². The summed E-state index contributed by atoms with van der Waals surface area (Å²) in [6.07, 6.45) is 1.71. The van der Waals surface area contributed by atoms with Crippen LogP contribution in [0.5, 0.6) is 5.75 Å². The molecule has 6 heteroatoms. The molecule has 4 aromatic carbocycles. The molecule has 0 radical (unpaired) electrons. The fourth-order valence-electron chi connectivity index (χ4n) is 3.13. The number of para-hydroxylation sites is 1. The molecule has 0 saturated heterocycles. The van der Waals surface area contributed by atoms with Gasteiger partial charge in [-0.2, -0.15) is 0 Å². The van der Waals surface area contributed by atoms with Crippen molar-refractivity contribution in [3.8, 4) is 16.9 Å². The highest BCUT2D eigenvalue weighted by molar-refractivity contribution is 6.32. The summed E-state index contributed by atoms with van der Waals surface area (Å²) in [6, 6.07) is 29.2. The molecule has 4 nitrogen and oxygen atoms in total. The zero-order chi connectivity index (χ0) is 23.0. The smallest absolute Gasteiger partial charge is 0.262 e. The van der Waals surface area contributed by atoms with Crippen molar-refractivity contribution in [1.29, 1.82) is 0 Å². The Balaban J connectivity index is 1.35. The van der Waals surface area contributed by atoms with Gasteiger partial charge >= 0.3 is 0 Å². The Labute approximate surface area is 196 Å². The Morgan fingerprint density at radius 1 is 0.909 bits per heavy atom.